The van der Waals surface area contributed by atoms with Crippen molar-refractivity contribution in [3.63, 3.8) is 0 Å². The molecule has 0 heterocycles. The van der Waals surface area contributed by atoms with E-state index >= 15 is 0 Å². The molecular formula is C18H26N2O3. The molecule has 23 heavy (non-hydrogen) atoms. The molecule has 0 aromatic heterocycles. The molecule has 0 saturated carbocycles. The average molecular weight is 318 g/mol. The maximum atomic E-state index is 11.7. The van der Waals surface area contributed by atoms with Crippen molar-refractivity contribution in [1.29, 1.82) is 0 Å². The van der Waals surface area contributed by atoms with Gasteiger partial charge in [0.05, 0.1) is 13.7 Å². The van der Waals surface area contributed by atoms with Crippen molar-refractivity contribution in [2.45, 2.75) is 32.1 Å². The summed E-state index contributed by atoms with van der Waals surface area (Å²) in [6.45, 7) is 1.60. The van der Waals surface area contributed by atoms with Gasteiger partial charge in [0.25, 0.3) is 0 Å². The van der Waals surface area contributed by atoms with Crippen LogP contribution in [-0.4, -0.2) is 32.8 Å². The Hall–Kier alpha value is -2.17. The number of hydrogen-bond donors (Lipinski definition) is 2. The molecule has 1 aliphatic carbocycles. The third kappa shape index (κ3) is 6.63. The van der Waals surface area contributed by atoms with Crippen LogP contribution >= 0.6 is 0 Å². The predicted molar refractivity (Wildman–Crippen MR) is 91.1 cm³/mol. The number of carbonyl (C=O) groups excluding carboxylic acids is 1. The van der Waals surface area contributed by atoms with Gasteiger partial charge in [-0.2, -0.15) is 0 Å². The summed E-state index contributed by atoms with van der Waals surface area (Å²) in [5.74, 6) is 1.56. The van der Waals surface area contributed by atoms with Gasteiger partial charge in [0.2, 0.25) is 0 Å². The molecule has 0 spiro atoms. The monoisotopic (exact) mass is 318 g/mol. The molecule has 0 bridgehead atoms. The normalized spacial score (nSPS) is 13.9. The average Bonchev–Trinajstić information content (AvgIpc) is 2.60. The highest BCUT2D eigenvalue weighted by atomic mass is 16.5. The van der Waals surface area contributed by atoms with E-state index in [0.29, 0.717) is 19.7 Å². The second-order valence-corrected chi connectivity index (χ2v) is 5.56. The van der Waals surface area contributed by atoms with Gasteiger partial charge in [0, 0.05) is 6.54 Å². The Labute approximate surface area is 138 Å². The Morgan fingerprint density at radius 2 is 1.83 bits per heavy atom. The lowest BCUT2D eigenvalue weighted by molar-refractivity contribution is 0.236. The standard InChI is InChI=1S/C18H26N2O3/c1-22-16-7-9-17(10-8-16)23-14-13-20-18(21)19-12-11-15-5-3-2-4-6-15/h5,7-10H,2-4,6,11-14H2,1H3,(H2,19,20,21). The van der Waals surface area contributed by atoms with Gasteiger partial charge in [-0.25, -0.2) is 4.79 Å². The highest BCUT2D eigenvalue weighted by Gasteiger charge is 2.04. The molecular weight excluding hydrogens is 292 g/mol. The topological polar surface area (TPSA) is 59.6 Å². The van der Waals surface area contributed by atoms with E-state index in [0.717, 1.165) is 17.9 Å². The summed E-state index contributed by atoms with van der Waals surface area (Å²) in [5, 5.41) is 5.67. The minimum atomic E-state index is -0.139. The Kier molecular flexibility index (Phi) is 7.30. The van der Waals surface area contributed by atoms with E-state index in [-0.39, 0.29) is 6.03 Å². The number of hydrogen-bond acceptors (Lipinski definition) is 3. The Morgan fingerprint density at radius 1 is 1.09 bits per heavy atom. The van der Waals surface area contributed by atoms with Crippen LogP contribution in [0.15, 0.2) is 35.9 Å². The first-order chi connectivity index (χ1) is 11.3. The van der Waals surface area contributed by atoms with Gasteiger partial charge in [-0.15, -0.1) is 0 Å². The first kappa shape index (κ1) is 17.2. The minimum absolute atomic E-state index is 0.139. The number of amides is 2. The summed E-state index contributed by atoms with van der Waals surface area (Å²) in [4.78, 5) is 11.7. The molecule has 1 aromatic carbocycles. The quantitative estimate of drug-likeness (QED) is 0.571. The van der Waals surface area contributed by atoms with Crippen molar-refractivity contribution in [2.24, 2.45) is 0 Å². The molecule has 1 aromatic rings. The van der Waals surface area contributed by atoms with Crippen LogP contribution in [0.25, 0.3) is 0 Å². The van der Waals surface area contributed by atoms with Gasteiger partial charge in [0.1, 0.15) is 18.1 Å². The Balaban J connectivity index is 1.53. The minimum Gasteiger partial charge on any atom is -0.497 e. The van der Waals surface area contributed by atoms with Gasteiger partial charge in [-0.1, -0.05) is 11.6 Å². The van der Waals surface area contributed by atoms with Gasteiger partial charge in [0.15, 0.2) is 0 Å². The van der Waals surface area contributed by atoms with Crippen molar-refractivity contribution < 1.29 is 14.3 Å². The Morgan fingerprint density at radius 3 is 2.52 bits per heavy atom. The smallest absolute Gasteiger partial charge is 0.314 e. The first-order valence-corrected chi connectivity index (χ1v) is 8.24. The summed E-state index contributed by atoms with van der Waals surface area (Å²) < 4.78 is 10.6. The predicted octanol–water partition coefficient (Wildman–Crippen LogP) is 3.26. The second-order valence-electron chi connectivity index (χ2n) is 5.56. The van der Waals surface area contributed by atoms with Crippen LogP contribution in [0.4, 0.5) is 4.79 Å². The van der Waals surface area contributed by atoms with Gasteiger partial charge in [-0.3, -0.25) is 0 Å². The highest BCUT2D eigenvalue weighted by molar-refractivity contribution is 5.73. The summed E-state index contributed by atoms with van der Waals surface area (Å²) in [6.07, 6.45) is 8.21. The summed E-state index contributed by atoms with van der Waals surface area (Å²) in [6, 6.07) is 7.23. The zero-order chi connectivity index (χ0) is 16.3. The van der Waals surface area contributed by atoms with Crippen LogP contribution in [-0.2, 0) is 0 Å². The fourth-order valence-electron chi connectivity index (χ4n) is 2.54. The third-order valence-electron chi connectivity index (χ3n) is 3.83. The van der Waals surface area contributed by atoms with E-state index in [9.17, 15) is 4.79 Å². The van der Waals surface area contributed by atoms with Crippen LogP contribution in [0.3, 0.4) is 0 Å². The lowest BCUT2D eigenvalue weighted by Gasteiger charge is -2.13. The molecule has 2 amide bonds. The van der Waals surface area contributed by atoms with E-state index in [1.165, 1.54) is 31.3 Å². The molecule has 5 heteroatoms. The van der Waals surface area contributed by atoms with Crippen LogP contribution in [0.1, 0.15) is 32.1 Å². The third-order valence-corrected chi connectivity index (χ3v) is 3.83. The van der Waals surface area contributed by atoms with Crippen molar-refractivity contribution in [3.05, 3.63) is 35.9 Å². The zero-order valence-electron chi connectivity index (χ0n) is 13.8. The number of rotatable bonds is 8. The van der Waals surface area contributed by atoms with Crippen LogP contribution in [0.2, 0.25) is 0 Å². The zero-order valence-corrected chi connectivity index (χ0v) is 13.8. The molecule has 0 saturated heterocycles. The number of urea groups is 1. The van der Waals surface area contributed by atoms with Crippen molar-refractivity contribution in [1.82, 2.24) is 10.6 Å². The summed E-state index contributed by atoms with van der Waals surface area (Å²) in [5.41, 5.74) is 1.47. The van der Waals surface area contributed by atoms with E-state index in [2.05, 4.69) is 16.7 Å². The van der Waals surface area contributed by atoms with Gasteiger partial charge < -0.3 is 20.1 Å². The molecule has 1 aliphatic rings. The molecule has 0 unspecified atom stereocenters. The molecule has 0 radical (unpaired) electrons. The van der Waals surface area contributed by atoms with Gasteiger partial charge >= 0.3 is 6.03 Å². The molecule has 126 valence electrons. The number of ether oxygens (including phenoxy) is 2. The number of allylic oxidation sites excluding steroid dienone is 1. The number of benzene rings is 1. The van der Waals surface area contributed by atoms with E-state index < -0.39 is 0 Å². The second kappa shape index (κ2) is 9.77. The van der Waals surface area contributed by atoms with Crippen molar-refractivity contribution in [3.8, 4) is 11.5 Å². The highest BCUT2D eigenvalue weighted by Crippen LogP contribution is 2.19. The largest absolute Gasteiger partial charge is 0.497 e. The number of methoxy groups -OCH3 is 1. The first-order valence-electron chi connectivity index (χ1n) is 8.24. The maximum absolute atomic E-state index is 11.7. The molecule has 2 rings (SSSR count). The molecule has 0 fully saturated rings. The summed E-state index contributed by atoms with van der Waals surface area (Å²) >= 11 is 0. The Bertz CT molecular complexity index is 512. The van der Waals surface area contributed by atoms with Crippen molar-refractivity contribution >= 4 is 6.03 Å². The van der Waals surface area contributed by atoms with E-state index in [1.54, 1.807) is 7.11 Å². The van der Waals surface area contributed by atoms with E-state index in [1.807, 2.05) is 24.3 Å². The molecule has 0 atom stereocenters. The lowest BCUT2D eigenvalue weighted by Crippen LogP contribution is -2.38. The molecule has 5 nitrogen and oxygen atoms in total. The fraction of sp³-hybridized carbons (Fsp3) is 0.500. The SMILES string of the molecule is COc1ccc(OCCNC(=O)NCCC2=CCCCC2)cc1. The van der Waals surface area contributed by atoms with Crippen LogP contribution in [0.5, 0.6) is 11.5 Å². The van der Waals surface area contributed by atoms with Crippen LogP contribution in [0, 0.1) is 0 Å². The molecule has 2 N–H and O–H groups in total. The fourth-order valence-corrected chi connectivity index (χ4v) is 2.54. The van der Waals surface area contributed by atoms with Crippen LogP contribution < -0.4 is 20.1 Å². The number of carbonyl (C=O) groups is 1. The lowest BCUT2D eigenvalue weighted by atomic mass is 9.97. The van der Waals surface area contributed by atoms with Gasteiger partial charge in [-0.05, 0) is 56.4 Å². The maximum Gasteiger partial charge on any atom is 0.314 e. The summed E-state index contributed by atoms with van der Waals surface area (Å²) in [7, 11) is 1.63. The van der Waals surface area contributed by atoms with Crippen molar-refractivity contribution in [2.75, 3.05) is 26.8 Å². The molecule has 0 aliphatic heterocycles. The number of nitrogens with one attached hydrogen (secondary N) is 2. The van der Waals surface area contributed by atoms with E-state index in [4.69, 9.17) is 9.47 Å².